The molecule has 1 aliphatic heterocycles. The van der Waals surface area contributed by atoms with Crippen molar-refractivity contribution in [3.05, 3.63) is 22.4 Å². The molecule has 0 aliphatic carbocycles. The van der Waals surface area contributed by atoms with Gasteiger partial charge in [-0.3, -0.25) is 0 Å². The molecule has 1 aromatic rings. The maximum absolute atomic E-state index is 3.47. The number of hydrogen-bond donors (Lipinski definition) is 1. The zero-order chi connectivity index (χ0) is 9.80. The Morgan fingerprint density at radius 2 is 2.57 bits per heavy atom. The second-order valence-electron chi connectivity index (χ2n) is 3.99. The van der Waals surface area contributed by atoms with E-state index in [-0.39, 0.29) is 0 Å². The fourth-order valence-corrected chi connectivity index (χ4v) is 2.64. The highest BCUT2D eigenvalue weighted by molar-refractivity contribution is 7.09. The molecule has 1 aliphatic rings. The van der Waals surface area contributed by atoms with Crippen molar-refractivity contribution in [3.63, 3.8) is 0 Å². The molecule has 78 valence electrons. The third-order valence-corrected chi connectivity index (χ3v) is 3.64. The fourth-order valence-electron chi connectivity index (χ4n) is 1.94. The van der Waals surface area contributed by atoms with Gasteiger partial charge in [0.2, 0.25) is 0 Å². The van der Waals surface area contributed by atoms with Crippen LogP contribution in [0, 0.1) is 0 Å². The van der Waals surface area contributed by atoms with Crippen LogP contribution in [-0.2, 0) is 6.42 Å². The lowest BCUT2D eigenvalue weighted by molar-refractivity contribution is 0.210. The topological polar surface area (TPSA) is 15.3 Å². The third kappa shape index (κ3) is 2.80. The van der Waals surface area contributed by atoms with Crippen molar-refractivity contribution in [3.8, 4) is 0 Å². The number of rotatable bonds is 3. The van der Waals surface area contributed by atoms with Crippen LogP contribution in [0.4, 0.5) is 0 Å². The van der Waals surface area contributed by atoms with Crippen LogP contribution in [0.25, 0.3) is 0 Å². The van der Waals surface area contributed by atoms with Gasteiger partial charge in [-0.1, -0.05) is 6.07 Å². The zero-order valence-corrected chi connectivity index (χ0v) is 9.52. The smallest absolute Gasteiger partial charge is 0.0167 e. The van der Waals surface area contributed by atoms with Crippen molar-refractivity contribution < 1.29 is 0 Å². The first-order valence-corrected chi connectivity index (χ1v) is 6.20. The van der Waals surface area contributed by atoms with E-state index in [1.54, 1.807) is 0 Å². The lowest BCUT2D eigenvalue weighted by Gasteiger charge is -2.31. The number of piperazine rings is 1. The van der Waals surface area contributed by atoms with Crippen LogP contribution in [0.1, 0.15) is 11.8 Å². The fraction of sp³-hybridized carbons (Fsp3) is 0.636. The van der Waals surface area contributed by atoms with Gasteiger partial charge in [0.1, 0.15) is 0 Å². The van der Waals surface area contributed by atoms with Gasteiger partial charge in [-0.25, -0.2) is 0 Å². The van der Waals surface area contributed by atoms with E-state index in [0.717, 1.165) is 6.54 Å². The van der Waals surface area contributed by atoms with E-state index < -0.39 is 0 Å². The van der Waals surface area contributed by atoms with Gasteiger partial charge in [0, 0.05) is 37.1 Å². The SMILES string of the molecule is C[C@@H]1CN(CCc2cccs2)CCN1. The van der Waals surface area contributed by atoms with Crippen LogP contribution >= 0.6 is 11.3 Å². The average Bonchev–Trinajstić information content (AvgIpc) is 2.67. The second kappa shape index (κ2) is 4.91. The van der Waals surface area contributed by atoms with Gasteiger partial charge in [-0.15, -0.1) is 11.3 Å². The predicted octanol–water partition coefficient (Wildman–Crippen LogP) is 1.58. The van der Waals surface area contributed by atoms with Crippen molar-refractivity contribution >= 4 is 11.3 Å². The molecular weight excluding hydrogens is 192 g/mol. The number of hydrogen-bond acceptors (Lipinski definition) is 3. The maximum Gasteiger partial charge on any atom is 0.0167 e. The molecule has 0 spiro atoms. The quantitative estimate of drug-likeness (QED) is 0.815. The number of nitrogens with one attached hydrogen (secondary N) is 1. The van der Waals surface area contributed by atoms with E-state index in [2.05, 4.69) is 34.7 Å². The summed E-state index contributed by atoms with van der Waals surface area (Å²) in [5.41, 5.74) is 0. The van der Waals surface area contributed by atoms with Gasteiger partial charge in [-0.05, 0) is 24.8 Å². The minimum atomic E-state index is 0.659. The Balaban J connectivity index is 1.75. The molecule has 2 nitrogen and oxygen atoms in total. The highest BCUT2D eigenvalue weighted by Gasteiger charge is 2.14. The van der Waals surface area contributed by atoms with Crippen molar-refractivity contribution in [2.24, 2.45) is 0 Å². The van der Waals surface area contributed by atoms with E-state index in [4.69, 9.17) is 0 Å². The second-order valence-corrected chi connectivity index (χ2v) is 5.02. The highest BCUT2D eigenvalue weighted by atomic mass is 32.1. The van der Waals surface area contributed by atoms with E-state index in [1.807, 2.05) is 11.3 Å². The van der Waals surface area contributed by atoms with E-state index in [9.17, 15) is 0 Å². The summed E-state index contributed by atoms with van der Waals surface area (Å²) in [5, 5.41) is 5.63. The zero-order valence-electron chi connectivity index (χ0n) is 8.70. The summed E-state index contributed by atoms with van der Waals surface area (Å²) in [6.07, 6.45) is 1.21. The lowest BCUT2D eigenvalue weighted by Crippen LogP contribution is -2.49. The summed E-state index contributed by atoms with van der Waals surface area (Å²) in [7, 11) is 0. The molecule has 0 aromatic carbocycles. The first-order chi connectivity index (χ1) is 6.84. The molecule has 1 saturated heterocycles. The molecule has 3 heteroatoms. The van der Waals surface area contributed by atoms with Gasteiger partial charge < -0.3 is 10.2 Å². The van der Waals surface area contributed by atoms with Gasteiger partial charge >= 0.3 is 0 Å². The van der Waals surface area contributed by atoms with Crippen molar-refractivity contribution in [2.75, 3.05) is 26.2 Å². The number of thiophene rings is 1. The standard InChI is InChI=1S/C11H18N2S/c1-10-9-13(7-5-12-10)6-4-11-3-2-8-14-11/h2-3,8,10,12H,4-7,9H2,1H3/t10-/m1/s1. The Bertz CT molecular complexity index is 258. The molecule has 0 amide bonds. The first kappa shape index (κ1) is 10.1. The normalized spacial score (nSPS) is 23.9. The number of nitrogens with zero attached hydrogens (tertiary/aromatic N) is 1. The van der Waals surface area contributed by atoms with Crippen molar-refractivity contribution in [2.45, 2.75) is 19.4 Å². The van der Waals surface area contributed by atoms with Crippen LogP contribution < -0.4 is 5.32 Å². The average molecular weight is 210 g/mol. The summed E-state index contributed by atoms with van der Waals surface area (Å²) in [6.45, 7) is 7.02. The molecule has 1 fully saturated rings. The van der Waals surface area contributed by atoms with E-state index in [1.165, 1.54) is 30.9 Å². The van der Waals surface area contributed by atoms with Gasteiger partial charge in [0.15, 0.2) is 0 Å². The van der Waals surface area contributed by atoms with Gasteiger partial charge in [0.05, 0.1) is 0 Å². The van der Waals surface area contributed by atoms with Crippen LogP contribution in [-0.4, -0.2) is 37.1 Å². The third-order valence-electron chi connectivity index (χ3n) is 2.71. The van der Waals surface area contributed by atoms with Gasteiger partial charge in [-0.2, -0.15) is 0 Å². The molecule has 0 bridgehead atoms. The van der Waals surface area contributed by atoms with Gasteiger partial charge in [0.25, 0.3) is 0 Å². The van der Waals surface area contributed by atoms with Crippen LogP contribution in [0.15, 0.2) is 17.5 Å². The Kier molecular flexibility index (Phi) is 3.56. The van der Waals surface area contributed by atoms with Crippen LogP contribution in [0.3, 0.4) is 0 Å². The predicted molar refractivity (Wildman–Crippen MR) is 61.9 cm³/mol. The summed E-state index contributed by atoms with van der Waals surface area (Å²) in [6, 6.07) is 5.03. The molecular formula is C11H18N2S. The maximum atomic E-state index is 3.47. The summed E-state index contributed by atoms with van der Waals surface area (Å²) in [4.78, 5) is 4.07. The molecule has 0 unspecified atom stereocenters. The monoisotopic (exact) mass is 210 g/mol. The van der Waals surface area contributed by atoms with Crippen LogP contribution in [0.5, 0.6) is 0 Å². The molecule has 1 atom stereocenters. The van der Waals surface area contributed by atoms with E-state index in [0.29, 0.717) is 6.04 Å². The summed E-state index contributed by atoms with van der Waals surface area (Å²) >= 11 is 1.87. The summed E-state index contributed by atoms with van der Waals surface area (Å²) in [5.74, 6) is 0. The molecule has 2 rings (SSSR count). The van der Waals surface area contributed by atoms with Crippen molar-refractivity contribution in [1.82, 2.24) is 10.2 Å². The molecule has 0 saturated carbocycles. The van der Waals surface area contributed by atoms with Crippen LogP contribution in [0.2, 0.25) is 0 Å². The Hall–Kier alpha value is -0.380. The molecule has 14 heavy (non-hydrogen) atoms. The molecule has 0 radical (unpaired) electrons. The molecule has 2 heterocycles. The molecule has 1 aromatic heterocycles. The Morgan fingerprint density at radius 1 is 1.64 bits per heavy atom. The Labute approximate surface area is 89.9 Å². The first-order valence-electron chi connectivity index (χ1n) is 5.33. The van der Waals surface area contributed by atoms with E-state index >= 15 is 0 Å². The highest BCUT2D eigenvalue weighted by Crippen LogP contribution is 2.10. The minimum Gasteiger partial charge on any atom is -0.312 e. The van der Waals surface area contributed by atoms with Crippen molar-refractivity contribution in [1.29, 1.82) is 0 Å². The largest absolute Gasteiger partial charge is 0.312 e. The lowest BCUT2D eigenvalue weighted by atomic mass is 10.2. The minimum absolute atomic E-state index is 0.659. The summed E-state index contributed by atoms with van der Waals surface area (Å²) < 4.78 is 0. The molecule has 1 N–H and O–H groups in total. The Morgan fingerprint density at radius 3 is 3.29 bits per heavy atom.